The van der Waals surface area contributed by atoms with Crippen molar-refractivity contribution in [3.63, 3.8) is 0 Å². The fourth-order valence-electron chi connectivity index (χ4n) is 2.78. The van der Waals surface area contributed by atoms with Gasteiger partial charge in [-0.15, -0.1) is 0 Å². The van der Waals surface area contributed by atoms with Gasteiger partial charge in [0.2, 0.25) is 15.9 Å². The molecule has 8 heteroatoms. The number of sulfonamides is 1. The summed E-state index contributed by atoms with van der Waals surface area (Å²) < 4.78 is 44.6. The molecule has 1 aliphatic heterocycles. The largest absolute Gasteiger partial charge is 0.383 e. The number of piperidine rings is 1. The zero-order valence-corrected chi connectivity index (χ0v) is 14.7. The Morgan fingerprint density at radius 3 is 2.71 bits per heavy atom. The highest BCUT2D eigenvalue weighted by molar-refractivity contribution is 7.89. The Morgan fingerprint density at radius 2 is 2.08 bits per heavy atom. The van der Waals surface area contributed by atoms with Crippen molar-refractivity contribution in [3.05, 3.63) is 30.1 Å². The first-order chi connectivity index (χ1) is 11.3. The molecule has 1 aromatic rings. The zero-order valence-electron chi connectivity index (χ0n) is 13.9. The van der Waals surface area contributed by atoms with Gasteiger partial charge in [0.25, 0.3) is 0 Å². The molecule has 0 aliphatic carbocycles. The number of hydrogen-bond acceptors (Lipinski definition) is 4. The van der Waals surface area contributed by atoms with Crippen LogP contribution in [0, 0.1) is 11.7 Å². The van der Waals surface area contributed by atoms with E-state index < -0.39 is 21.8 Å². The molecule has 1 N–H and O–H groups in total. The SMILES string of the molecule is COC[C@@H](C)NC(=O)[C@@H]1CCCN(S(=O)(=O)c2ccc(F)cc2)C1. The first kappa shape index (κ1) is 18.8. The molecule has 1 aromatic carbocycles. The van der Waals surface area contributed by atoms with Gasteiger partial charge in [0, 0.05) is 26.2 Å². The lowest BCUT2D eigenvalue weighted by atomic mass is 9.98. The molecule has 24 heavy (non-hydrogen) atoms. The van der Waals surface area contributed by atoms with E-state index in [2.05, 4.69) is 5.32 Å². The van der Waals surface area contributed by atoms with E-state index in [0.717, 1.165) is 12.1 Å². The number of carbonyl (C=O) groups excluding carboxylic acids is 1. The molecule has 0 unspecified atom stereocenters. The number of nitrogens with zero attached hydrogens (tertiary/aromatic N) is 1. The number of amides is 1. The molecule has 1 heterocycles. The molecule has 2 atom stereocenters. The number of nitrogens with one attached hydrogen (secondary N) is 1. The normalized spacial score (nSPS) is 20.5. The molecule has 6 nitrogen and oxygen atoms in total. The van der Waals surface area contributed by atoms with Crippen molar-refractivity contribution < 1.29 is 22.3 Å². The van der Waals surface area contributed by atoms with Gasteiger partial charge in [-0.25, -0.2) is 12.8 Å². The summed E-state index contributed by atoms with van der Waals surface area (Å²) in [6.45, 7) is 2.72. The first-order valence-corrected chi connectivity index (χ1v) is 9.33. The Bertz CT molecular complexity index is 663. The Kier molecular flexibility index (Phi) is 6.31. The van der Waals surface area contributed by atoms with Gasteiger partial charge in [-0.1, -0.05) is 0 Å². The van der Waals surface area contributed by atoms with Crippen LogP contribution < -0.4 is 5.32 Å². The molecular formula is C16H23FN2O4S. The molecule has 134 valence electrons. The Balaban J connectivity index is 2.07. The number of halogens is 1. The first-order valence-electron chi connectivity index (χ1n) is 7.89. The molecule has 0 aromatic heterocycles. The lowest BCUT2D eigenvalue weighted by molar-refractivity contribution is -0.127. The van der Waals surface area contributed by atoms with Gasteiger partial charge in [0.1, 0.15) is 5.82 Å². The summed E-state index contributed by atoms with van der Waals surface area (Å²) in [7, 11) is -2.17. The number of benzene rings is 1. The van der Waals surface area contributed by atoms with E-state index in [9.17, 15) is 17.6 Å². The average molecular weight is 358 g/mol. The predicted molar refractivity (Wildman–Crippen MR) is 87.4 cm³/mol. The van der Waals surface area contributed by atoms with Crippen molar-refractivity contribution in [2.45, 2.75) is 30.7 Å². The van der Waals surface area contributed by atoms with Crippen LogP contribution in [0.4, 0.5) is 4.39 Å². The van der Waals surface area contributed by atoms with Crippen LogP contribution in [0.25, 0.3) is 0 Å². The second-order valence-electron chi connectivity index (χ2n) is 6.02. The fourth-order valence-corrected chi connectivity index (χ4v) is 4.31. The maximum atomic E-state index is 13.0. The van der Waals surface area contributed by atoms with E-state index >= 15 is 0 Å². The van der Waals surface area contributed by atoms with Gasteiger partial charge in [0.05, 0.1) is 17.4 Å². The molecule has 0 radical (unpaired) electrons. The van der Waals surface area contributed by atoms with Gasteiger partial charge in [-0.2, -0.15) is 4.31 Å². The Morgan fingerprint density at radius 1 is 1.42 bits per heavy atom. The Labute approximate surface area is 142 Å². The fraction of sp³-hybridized carbons (Fsp3) is 0.562. The van der Waals surface area contributed by atoms with E-state index in [1.54, 1.807) is 7.11 Å². The minimum atomic E-state index is -3.72. The topological polar surface area (TPSA) is 75.7 Å². The predicted octanol–water partition coefficient (Wildman–Crippen LogP) is 1.38. The molecule has 0 saturated carbocycles. The number of rotatable bonds is 6. The van der Waals surface area contributed by atoms with Crippen LogP contribution in [0.5, 0.6) is 0 Å². The average Bonchev–Trinajstić information content (AvgIpc) is 2.55. The summed E-state index contributed by atoms with van der Waals surface area (Å²) in [5, 5.41) is 2.83. The van der Waals surface area contributed by atoms with Crippen molar-refractivity contribution in [1.82, 2.24) is 9.62 Å². The molecular weight excluding hydrogens is 335 g/mol. The van der Waals surface area contributed by atoms with Crippen molar-refractivity contribution in [2.75, 3.05) is 26.8 Å². The van der Waals surface area contributed by atoms with Crippen LogP contribution in [-0.4, -0.2) is 51.5 Å². The van der Waals surface area contributed by atoms with E-state index in [4.69, 9.17) is 4.74 Å². The summed E-state index contributed by atoms with van der Waals surface area (Å²) >= 11 is 0. The van der Waals surface area contributed by atoms with Crippen LogP contribution >= 0.6 is 0 Å². The number of hydrogen-bond donors (Lipinski definition) is 1. The van der Waals surface area contributed by atoms with Gasteiger partial charge in [-0.05, 0) is 44.0 Å². The standard InChI is InChI=1S/C16H23FN2O4S/c1-12(11-23-2)18-16(20)13-4-3-9-19(10-13)24(21,22)15-7-5-14(17)6-8-15/h5-8,12-13H,3-4,9-11H2,1-2H3,(H,18,20)/t12-,13-/m1/s1. The van der Waals surface area contributed by atoms with Crippen LogP contribution in [0.3, 0.4) is 0 Å². The maximum absolute atomic E-state index is 13.0. The highest BCUT2D eigenvalue weighted by Gasteiger charge is 2.33. The molecule has 1 amide bonds. The van der Waals surface area contributed by atoms with Crippen LogP contribution in [0.2, 0.25) is 0 Å². The molecule has 1 saturated heterocycles. The highest BCUT2D eigenvalue weighted by Crippen LogP contribution is 2.24. The van der Waals surface area contributed by atoms with Crippen molar-refractivity contribution in [2.24, 2.45) is 5.92 Å². The summed E-state index contributed by atoms with van der Waals surface area (Å²) in [4.78, 5) is 12.3. The van der Waals surface area contributed by atoms with Crippen LogP contribution in [0.15, 0.2) is 29.2 Å². The number of carbonyl (C=O) groups is 1. The van der Waals surface area contributed by atoms with E-state index in [1.807, 2.05) is 6.92 Å². The highest BCUT2D eigenvalue weighted by atomic mass is 32.2. The molecule has 1 fully saturated rings. The minimum absolute atomic E-state index is 0.0395. The summed E-state index contributed by atoms with van der Waals surface area (Å²) in [6, 6.07) is 4.59. The zero-order chi connectivity index (χ0) is 17.7. The van der Waals surface area contributed by atoms with Crippen LogP contribution in [0.1, 0.15) is 19.8 Å². The Hall–Kier alpha value is -1.51. The van der Waals surface area contributed by atoms with Gasteiger partial charge >= 0.3 is 0 Å². The summed E-state index contributed by atoms with van der Waals surface area (Å²) in [5.74, 6) is -1.05. The van der Waals surface area contributed by atoms with Gasteiger partial charge in [-0.3, -0.25) is 4.79 Å². The molecule has 0 bridgehead atoms. The van der Waals surface area contributed by atoms with Crippen LogP contribution in [-0.2, 0) is 19.6 Å². The van der Waals surface area contributed by atoms with Crippen molar-refractivity contribution in [3.8, 4) is 0 Å². The smallest absolute Gasteiger partial charge is 0.243 e. The third kappa shape index (κ3) is 4.52. The number of ether oxygens (including phenoxy) is 1. The monoisotopic (exact) mass is 358 g/mol. The maximum Gasteiger partial charge on any atom is 0.243 e. The third-order valence-electron chi connectivity index (χ3n) is 4.01. The van der Waals surface area contributed by atoms with E-state index in [0.29, 0.717) is 26.0 Å². The van der Waals surface area contributed by atoms with E-state index in [1.165, 1.54) is 16.4 Å². The quantitative estimate of drug-likeness (QED) is 0.834. The van der Waals surface area contributed by atoms with Crippen molar-refractivity contribution in [1.29, 1.82) is 0 Å². The van der Waals surface area contributed by atoms with Gasteiger partial charge < -0.3 is 10.1 Å². The molecule has 1 aliphatic rings. The second-order valence-corrected chi connectivity index (χ2v) is 7.96. The van der Waals surface area contributed by atoms with Crippen molar-refractivity contribution >= 4 is 15.9 Å². The summed E-state index contributed by atoms with van der Waals surface area (Å²) in [6.07, 6.45) is 1.25. The van der Waals surface area contributed by atoms with Gasteiger partial charge in [0.15, 0.2) is 0 Å². The second kappa shape index (κ2) is 8.04. The number of methoxy groups -OCH3 is 1. The lowest BCUT2D eigenvalue weighted by Crippen LogP contribution is -2.47. The minimum Gasteiger partial charge on any atom is -0.383 e. The third-order valence-corrected chi connectivity index (χ3v) is 5.89. The summed E-state index contributed by atoms with van der Waals surface area (Å²) in [5.41, 5.74) is 0. The lowest BCUT2D eigenvalue weighted by Gasteiger charge is -2.31. The molecule has 2 rings (SSSR count). The van der Waals surface area contributed by atoms with E-state index in [-0.39, 0.29) is 23.4 Å². The molecule has 0 spiro atoms.